The minimum atomic E-state index is -0.0172. The Morgan fingerprint density at radius 2 is 2.08 bits per heavy atom. The molecular formula is C17H21N7OS. The maximum Gasteiger partial charge on any atom is 0.317 e. The Hall–Kier alpha value is -2.70. The van der Waals surface area contributed by atoms with E-state index in [1.165, 1.54) is 16.9 Å². The first-order valence-electron chi connectivity index (χ1n) is 8.36. The highest BCUT2D eigenvalue weighted by Gasteiger charge is 2.20. The first-order valence-corrected chi connectivity index (χ1v) is 9.18. The van der Waals surface area contributed by atoms with Crippen LogP contribution in [-0.2, 0) is 6.54 Å². The molecular weight excluding hydrogens is 350 g/mol. The zero-order valence-electron chi connectivity index (χ0n) is 14.8. The molecule has 0 aliphatic carbocycles. The third kappa shape index (κ3) is 4.28. The summed E-state index contributed by atoms with van der Waals surface area (Å²) >= 11 is 1.30. The van der Waals surface area contributed by atoms with Gasteiger partial charge in [0.25, 0.3) is 0 Å². The predicted molar refractivity (Wildman–Crippen MR) is 100 cm³/mol. The molecule has 2 aromatic rings. The van der Waals surface area contributed by atoms with E-state index in [9.17, 15) is 4.79 Å². The number of rotatable bonds is 4. The number of hydrogen-bond acceptors (Lipinski definition) is 7. The van der Waals surface area contributed by atoms with Gasteiger partial charge in [0.1, 0.15) is 16.8 Å². The molecule has 0 unspecified atom stereocenters. The minimum Gasteiger partial charge on any atom is -0.341 e. The highest BCUT2D eigenvalue weighted by atomic mass is 32.1. The smallest absolute Gasteiger partial charge is 0.317 e. The van der Waals surface area contributed by atoms with Crippen molar-refractivity contribution in [1.82, 2.24) is 25.1 Å². The zero-order chi connectivity index (χ0) is 18.5. The van der Waals surface area contributed by atoms with Gasteiger partial charge in [0, 0.05) is 46.0 Å². The van der Waals surface area contributed by atoms with Gasteiger partial charge in [-0.25, -0.2) is 14.8 Å². The Balaban J connectivity index is 1.63. The summed E-state index contributed by atoms with van der Waals surface area (Å²) in [6.07, 6.45) is 3.39. The third-order valence-corrected chi connectivity index (χ3v) is 5.15. The van der Waals surface area contributed by atoms with Crippen LogP contribution in [0.15, 0.2) is 18.5 Å². The Kier molecular flexibility index (Phi) is 5.65. The van der Waals surface area contributed by atoms with Gasteiger partial charge in [-0.15, -0.1) is 0 Å². The summed E-state index contributed by atoms with van der Waals surface area (Å²) in [5.74, 6) is 0.716. The van der Waals surface area contributed by atoms with Gasteiger partial charge in [-0.3, -0.25) is 4.90 Å². The molecule has 0 radical (unpaired) electrons. The summed E-state index contributed by atoms with van der Waals surface area (Å²) in [7, 11) is 1.66. The number of thiazole rings is 1. The average Bonchev–Trinajstić information content (AvgIpc) is 3.12. The van der Waals surface area contributed by atoms with Gasteiger partial charge in [-0.2, -0.15) is 5.26 Å². The van der Waals surface area contributed by atoms with Crippen molar-refractivity contribution in [3.05, 3.63) is 34.5 Å². The molecule has 136 valence electrons. The van der Waals surface area contributed by atoms with Crippen molar-refractivity contribution < 1.29 is 4.79 Å². The number of carbonyl (C=O) groups is 1. The fourth-order valence-electron chi connectivity index (χ4n) is 2.81. The van der Waals surface area contributed by atoms with Gasteiger partial charge < -0.3 is 15.5 Å². The highest BCUT2D eigenvalue weighted by molar-refractivity contribution is 7.16. The Labute approximate surface area is 156 Å². The number of hydrogen-bond donors (Lipinski definition) is 2. The number of nitrogens with one attached hydrogen (secondary N) is 2. The van der Waals surface area contributed by atoms with Gasteiger partial charge >= 0.3 is 6.03 Å². The Morgan fingerprint density at radius 3 is 2.73 bits per heavy atom. The van der Waals surface area contributed by atoms with Gasteiger partial charge in [0.15, 0.2) is 5.13 Å². The van der Waals surface area contributed by atoms with Crippen LogP contribution in [0.3, 0.4) is 0 Å². The fraction of sp³-hybridized carbons (Fsp3) is 0.412. The molecule has 26 heavy (non-hydrogen) atoms. The molecule has 8 nitrogen and oxygen atoms in total. The molecule has 2 N–H and O–H groups in total. The van der Waals surface area contributed by atoms with Crippen LogP contribution in [0.4, 0.5) is 15.7 Å². The quantitative estimate of drug-likeness (QED) is 0.852. The summed E-state index contributed by atoms with van der Waals surface area (Å²) < 4.78 is 0. The van der Waals surface area contributed by atoms with Crippen LogP contribution < -0.4 is 10.6 Å². The van der Waals surface area contributed by atoms with Gasteiger partial charge in [-0.1, -0.05) is 11.3 Å². The van der Waals surface area contributed by atoms with Crippen molar-refractivity contribution in [3.63, 3.8) is 0 Å². The van der Waals surface area contributed by atoms with Crippen molar-refractivity contribution in [2.75, 3.05) is 38.5 Å². The average molecular weight is 371 g/mol. The first-order chi connectivity index (χ1) is 12.6. The summed E-state index contributed by atoms with van der Waals surface area (Å²) in [5.41, 5.74) is 2.31. The minimum absolute atomic E-state index is 0.0172. The number of carbonyl (C=O) groups excluding carboxylic acids is 1. The van der Waals surface area contributed by atoms with Crippen molar-refractivity contribution in [1.29, 1.82) is 5.26 Å². The lowest BCUT2D eigenvalue weighted by Gasteiger charge is -2.34. The lowest BCUT2D eigenvalue weighted by Crippen LogP contribution is -2.50. The maximum absolute atomic E-state index is 11.7. The van der Waals surface area contributed by atoms with E-state index in [1.807, 2.05) is 24.1 Å². The maximum atomic E-state index is 11.7. The van der Waals surface area contributed by atoms with E-state index in [4.69, 9.17) is 5.26 Å². The molecule has 0 saturated carbocycles. The molecule has 0 aromatic carbocycles. The molecule has 1 aliphatic heterocycles. The SMILES string of the molecule is CNC(=O)N1CCN(Cc2cc(Nc3ncc(C#N)s3)ncc2C)CC1. The number of nitrogens with zero attached hydrogens (tertiary/aromatic N) is 5. The topological polar surface area (TPSA) is 97.2 Å². The molecule has 0 spiro atoms. The summed E-state index contributed by atoms with van der Waals surface area (Å²) in [4.78, 5) is 25.0. The number of aryl methyl sites for hydroxylation is 1. The van der Waals surface area contributed by atoms with Crippen molar-refractivity contribution >= 4 is 28.3 Å². The largest absolute Gasteiger partial charge is 0.341 e. The van der Waals surface area contributed by atoms with Crippen LogP contribution in [0, 0.1) is 18.3 Å². The number of aromatic nitrogens is 2. The molecule has 0 atom stereocenters. The van der Waals surface area contributed by atoms with Gasteiger partial charge in [-0.05, 0) is 24.1 Å². The number of anilines is 2. The number of pyridine rings is 1. The van der Waals surface area contributed by atoms with Gasteiger partial charge in [0.2, 0.25) is 0 Å². The van der Waals surface area contributed by atoms with Crippen LogP contribution in [-0.4, -0.2) is 59.0 Å². The van der Waals surface area contributed by atoms with Crippen LogP contribution in [0.5, 0.6) is 0 Å². The molecule has 1 aliphatic rings. The first kappa shape index (κ1) is 18.1. The number of urea groups is 1. The predicted octanol–water partition coefficient (Wildman–Crippen LogP) is 1.92. The molecule has 9 heteroatoms. The summed E-state index contributed by atoms with van der Waals surface area (Å²) in [5, 5.41) is 15.4. The van der Waals surface area contributed by atoms with E-state index in [1.54, 1.807) is 13.2 Å². The second-order valence-corrected chi connectivity index (χ2v) is 7.11. The van der Waals surface area contributed by atoms with Crippen LogP contribution in [0.25, 0.3) is 0 Å². The van der Waals surface area contributed by atoms with Crippen LogP contribution in [0.1, 0.15) is 16.0 Å². The van der Waals surface area contributed by atoms with E-state index < -0.39 is 0 Å². The molecule has 1 saturated heterocycles. The van der Waals surface area contributed by atoms with E-state index >= 15 is 0 Å². The van der Waals surface area contributed by atoms with Crippen molar-refractivity contribution in [2.45, 2.75) is 13.5 Å². The highest BCUT2D eigenvalue weighted by Crippen LogP contribution is 2.23. The Morgan fingerprint density at radius 1 is 1.31 bits per heavy atom. The van der Waals surface area contributed by atoms with Crippen LogP contribution >= 0.6 is 11.3 Å². The fourth-order valence-corrected chi connectivity index (χ4v) is 3.43. The van der Waals surface area contributed by atoms with E-state index in [2.05, 4.69) is 31.6 Å². The monoisotopic (exact) mass is 371 g/mol. The number of amides is 2. The Bertz CT molecular complexity index is 821. The number of piperazine rings is 1. The normalized spacial score (nSPS) is 14.7. The lowest BCUT2D eigenvalue weighted by atomic mass is 10.1. The second-order valence-electron chi connectivity index (χ2n) is 6.08. The van der Waals surface area contributed by atoms with E-state index in [-0.39, 0.29) is 6.03 Å². The van der Waals surface area contributed by atoms with Crippen molar-refractivity contribution in [2.24, 2.45) is 0 Å². The molecule has 3 rings (SSSR count). The van der Waals surface area contributed by atoms with Crippen molar-refractivity contribution in [3.8, 4) is 6.07 Å². The lowest BCUT2D eigenvalue weighted by molar-refractivity contribution is 0.136. The molecule has 2 amide bonds. The number of nitriles is 1. The third-order valence-electron chi connectivity index (χ3n) is 4.33. The zero-order valence-corrected chi connectivity index (χ0v) is 15.6. The van der Waals surface area contributed by atoms with Gasteiger partial charge in [0.05, 0.1) is 6.20 Å². The van der Waals surface area contributed by atoms with E-state index in [0.29, 0.717) is 15.8 Å². The molecule has 3 heterocycles. The molecule has 0 bridgehead atoms. The second kappa shape index (κ2) is 8.12. The molecule has 1 fully saturated rings. The summed E-state index contributed by atoms with van der Waals surface area (Å²) in [6, 6.07) is 4.08. The standard InChI is InChI=1S/C17H21N7OS/c1-12-9-20-15(22-16-21-10-14(8-18)26-16)7-13(12)11-23-3-5-24(6-4-23)17(25)19-2/h7,9-10H,3-6,11H2,1-2H3,(H,19,25)(H,20,21,22). The molecule has 2 aromatic heterocycles. The summed E-state index contributed by atoms with van der Waals surface area (Å²) in [6.45, 7) is 6.00. The van der Waals surface area contributed by atoms with Crippen LogP contribution in [0.2, 0.25) is 0 Å². The van der Waals surface area contributed by atoms with E-state index in [0.717, 1.165) is 38.3 Å².